The summed E-state index contributed by atoms with van der Waals surface area (Å²) in [5.74, 6) is 0.277. The van der Waals surface area contributed by atoms with Gasteiger partial charge in [0, 0.05) is 17.1 Å². The number of β-amino-alcohol motifs (C(OH)–C–C–N with tert-alkyl or cyclic N) is 1. The molecule has 120 valence electrons. The number of piperidine rings is 1. The van der Waals surface area contributed by atoms with Crippen molar-refractivity contribution < 1.29 is 18.3 Å². The number of benzene rings is 1. The lowest BCUT2D eigenvalue weighted by molar-refractivity contribution is -0.208. The van der Waals surface area contributed by atoms with E-state index in [4.69, 9.17) is 10.6 Å². The molecule has 1 unspecified atom stereocenters. The SMILES string of the molecule is [N-]=[N+]=Nc1ccc(C2CCN(CC(O)C(F)(F)F)CC2)cc1. The average molecular weight is 314 g/mol. The molecule has 1 aromatic carbocycles. The topological polar surface area (TPSA) is 72.2 Å². The molecule has 0 aliphatic carbocycles. The van der Waals surface area contributed by atoms with Crippen LogP contribution in [0.4, 0.5) is 18.9 Å². The fourth-order valence-electron chi connectivity index (χ4n) is 2.66. The van der Waals surface area contributed by atoms with Gasteiger partial charge in [0.15, 0.2) is 6.10 Å². The molecular formula is C14H17F3N4O. The maximum Gasteiger partial charge on any atom is 0.415 e. The van der Waals surface area contributed by atoms with Crippen molar-refractivity contribution in [2.75, 3.05) is 19.6 Å². The van der Waals surface area contributed by atoms with E-state index in [-0.39, 0.29) is 12.5 Å². The maximum absolute atomic E-state index is 12.3. The fraction of sp³-hybridized carbons (Fsp3) is 0.571. The Morgan fingerprint density at radius 1 is 1.27 bits per heavy atom. The minimum Gasteiger partial charge on any atom is -0.382 e. The Hall–Kier alpha value is -1.76. The van der Waals surface area contributed by atoms with Crippen LogP contribution >= 0.6 is 0 Å². The van der Waals surface area contributed by atoms with Gasteiger partial charge in [0.05, 0.1) is 0 Å². The first-order valence-electron chi connectivity index (χ1n) is 7.02. The Morgan fingerprint density at radius 3 is 2.36 bits per heavy atom. The van der Waals surface area contributed by atoms with E-state index in [0.717, 1.165) is 18.4 Å². The molecule has 1 heterocycles. The molecule has 1 aromatic rings. The van der Waals surface area contributed by atoms with Crippen LogP contribution in [0.25, 0.3) is 10.4 Å². The normalized spacial score (nSPS) is 18.7. The first kappa shape index (κ1) is 16.6. The molecule has 1 atom stereocenters. The molecule has 5 nitrogen and oxygen atoms in total. The Bertz CT molecular complexity index is 532. The summed E-state index contributed by atoms with van der Waals surface area (Å²) in [4.78, 5) is 4.35. The van der Waals surface area contributed by atoms with Crippen LogP contribution in [0.5, 0.6) is 0 Å². The zero-order valence-electron chi connectivity index (χ0n) is 11.9. The average Bonchev–Trinajstić information content (AvgIpc) is 2.48. The van der Waals surface area contributed by atoms with Crippen LogP contribution in [0.1, 0.15) is 24.3 Å². The second kappa shape index (κ2) is 7.00. The lowest BCUT2D eigenvalue weighted by atomic mass is 9.89. The Balaban J connectivity index is 1.88. The zero-order chi connectivity index (χ0) is 16.2. The highest BCUT2D eigenvalue weighted by Gasteiger charge is 2.39. The van der Waals surface area contributed by atoms with Gasteiger partial charge in [-0.3, -0.25) is 0 Å². The third-order valence-corrected chi connectivity index (χ3v) is 3.92. The van der Waals surface area contributed by atoms with Crippen molar-refractivity contribution in [2.45, 2.75) is 31.0 Å². The third-order valence-electron chi connectivity index (χ3n) is 3.92. The van der Waals surface area contributed by atoms with Crippen LogP contribution in [0.2, 0.25) is 0 Å². The minimum atomic E-state index is -4.56. The lowest BCUT2D eigenvalue weighted by Gasteiger charge is -2.33. The number of azide groups is 1. The van der Waals surface area contributed by atoms with Crippen LogP contribution in [0.15, 0.2) is 29.4 Å². The van der Waals surface area contributed by atoms with Gasteiger partial charge in [0.25, 0.3) is 0 Å². The molecule has 1 N–H and O–H groups in total. The standard InChI is InChI=1S/C14H17F3N4O/c15-14(16,17)13(22)9-21-7-5-11(6-8-21)10-1-3-12(4-2-10)19-20-18/h1-4,11,13,22H,5-9H2. The largest absolute Gasteiger partial charge is 0.415 e. The number of halogens is 3. The molecule has 1 aliphatic heterocycles. The number of rotatable bonds is 4. The predicted molar refractivity (Wildman–Crippen MR) is 75.7 cm³/mol. The van der Waals surface area contributed by atoms with Crippen molar-refractivity contribution in [1.82, 2.24) is 4.90 Å². The summed E-state index contributed by atoms with van der Waals surface area (Å²) in [6.07, 6.45) is -5.36. The molecular weight excluding hydrogens is 297 g/mol. The van der Waals surface area contributed by atoms with E-state index < -0.39 is 12.3 Å². The molecule has 2 rings (SSSR count). The van der Waals surface area contributed by atoms with Crippen LogP contribution in [0.3, 0.4) is 0 Å². The van der Waals surface area contributed by atoms with E-state index in [0.29, 0.717) is 18.8 Å². The second-order valence-corrected chi connectivity index (χ2v) is 5.41. The van der Waals surface area contributed by atoms with Crippen molar-refractivity contribution in [2.24, 2.45) is 5.11 Å². The third kappa shape index (κ3) is 4.37. The molecule has 0 amide bonds. The van der Waals surface area contributed by atoms with E-state index in [1.165, 1.54) is 0 Å². The highest BCUT2D eigenvalue weighted by atomic mass is 19.4. The maximum atomic E-state index is 12.3. The van der Waals surface area contributed by atoms with Gasteiger partial charge in [0.1, 0.15) is 0 Å². The molecule has 0 aromatic heterocycles. The van der Waals surface area contributed by atoms with Crippen molar-refractivity contribution >= 4 is 5.69 Å². The highest BCUT2D eigenvalue weighted by molar-refractivity contribution is 5.39. The molecule has 8 heteroatoms. The van der Waals surface area contributed by atoms with Gasteiger partial charge < -0.3 is 10.0 Å². The summed E-state index contributed by atoms with van der Waals surface area (Å²) in [7, 11) is 0. The van der Waals surface area contributed by atoms with E-state index in [1.54, 1.807) is 17.0 Å². The van der Waals surface area contributed by atoms with E-state index in [9.17, 15) is 13.2 Å². The minimum absolute atomic E-state index is 0.277. The van der Waals surface area contributed by atoms with Gasteiger partial charge >= 0.3 is 6.18 Å². The van der Waals surface area contributed by atoms with Gasteiger partial charge in [-0.1, -0.05) is 29.4 Å². The summed E-state index contributed by atoms with van der Waals surface area (Å²) < 4.78 is 37.0. The summed E-state index contributed by atoms with van der Waals surface area (Å²) in [6.45, 7) is 0.678. The molecule has 0 radical (unpaired) electrons. The van der Waals surface area contributed by atoms with Gasteiger partial charge in [-0.2, -0.15) is 13.2 Å². The molecule has 0 bridgehead atoms. The van der Waals surface area contributed by atoms with Crippen molar-refractivity contribution in [1.29, 1.82) is 0 Å². The number of hydrogen-bond acceptors (Lipinski definition) is 3. The van der Waals surface area contributed by atoms with Crippen molar-refractivity contribution in [3.63, 3.8) is 0 Å². The number of likely N-dealkylation sites (tertiary alicyclic amines) is 1. The number of hydrogen-bond donors (Lipinski definition) is 1. The smallest absolute Gasteiger partial charge is 0.382 e. The van der Waals surface area contributed by atoms with Crippen LogP contribution < -0.4 is 0 Å². The van der Waals surface area contributed by atoms with Crippen LogP contribution in [0, 0.1) is 0 Å². The summed E-state index contributed by atoms with van der Waals surface area (Å²) in [6, 6.07) is 7.23. The lowest BCUT2D eigenvalue weighted by Crippen LogP contribution is -2.43. The van der Waals surface area contributed by atoms with E-state index in [1.807, 2.05) is 12.1 Å². The summed E-state index contributed by atoms with van der Waals surface area (Å²) in [5.41, 5.74) is 9.98. The highest BCUT2D eigenvalue weighted by Crippen LogP contribution is 2.30. The second-order valence-electron chi connectivity index (χ2n) is 5.41. The first-order chi connectivity index (χ1) is 10.4. The van der Waals surface area contributed by atoms with Crippen LogP contribution in [-0.2, 0) is 0 Å². The molecule has 1 aliphatic rings. The molecule has 0 spiro atoms. The Kier molecular flexibility index (Phi) is 5.28. The Morgan fingerprint density at radius 2 is 1.86 bits per heavy atom. The van der Waals surface area contributed by atoms with E-state index >= 15 is 0 Å². The molecule has 0 saturated carbocycles. The fourth-order valence-corrected chi connectivity index (χ4v) is 2.66. The quantitative estimate of drug-likeness (QED) is 0.522. The summed E-state index contributed by atoms with van der Waals surface area (Å²) >= 11 is 0. The van der Waals surface area contributed by atoms with Crippen molar-refractivity contribution in [3.05, 3.63) is 40.3 Å². The molecule has 1 saturated heterocycles. The first-order valence-corrected chi connectivity index (χ1v) is 7.02. The van der Waals surface area contributed by atoms with Crippen LogP contribution in [-0.4, -0.2) is 41.9 Å². The van der Waals surface area contributed by atoms with E-state index in [2.05, 4.69) is 10.0 Å². The van der Waals surface area contributed by atoms with Gasteiger partial charge in [-0.05, 0) is 42.9 Å². The van der Waals surface area contributed by atoms with Crippen molar-refractivity contribution in [3.8, 4) is 0 Å². The predicted octanol–water partition coefficient (Wildman–Crippen LogP) is 3.73. The number of nitrogens with zero attached hydrogens (tertiary/aromatic N) is 4. The summed E-state index contributed by atoms with van der Waals surface area (Å²) in [5, 5.41) is 12.6. The Labute approximate surface area is 126 Å². The van der Waals surface area contributed by atoms with Gasteiger partial charge in [-0.15, -0.1) is 0 Å². The molecule has 22 heavy (non-hydrogen) atoms. The number of aliphatic hydroxyl groups excluding tert-OH is 1. The van der Waals surface area contributed by atoms with Gasteiger partial charge in [-0.25, -0.2) is 0 Å². The molecule has 1 fully saturated rings. The number of aliphatic hydroxyl groups is 1. The number of alkyl halides is 3. The zero-order valence-corrected chi connectivity index (χ0v) is 11.9. The van der Waals surface area contributed by atoms with Gasteiger partial charge in [0.2, 0.25) is 0 Å². The monoisotopic (exact) mass is 314 g/mol.